The molecule has 2 aromatic rings. The molecule has 162 valence electrons. The molecule has 0 aliphatic carbocycles. The Kier molecular flexibility index (Phi) is 7.15. The van der Waals surface area contributed by atoms with E-state index in [1.807, 2.05) is 24.3 Å². The van der Waals surface area contributed by atoms with Gasteiger partial charge in [-0.3, -0.25) is 9.69 Å². The number of nitrogens with one attached hydrogen (secondary N) is 1. The van der Waals surface area contributed by atoms with Crippen LogP contribution in [0.5, 0.6) is 0 Å². The molecule has 1 amide bonds. The number of halogens is 3. The average Bonchev–Trinajstić information content (AvgIpc) is 2.69. The van der Waals surface area contributed by atoms with Crippen LogP contribution in [0.4, 0.5) is 13.2 Å². The van der Waals surface area contributed by atoms with Gasteiger partial charge < -0.3 is 10.4 Å². The number of rotatable bonds is 8. The highest BCUT2D eigenvalue weighted by atomic mass is 19.4. The van der Waals surface area contributed by atoms with E-state index in [-0.39, 0.29) is 24.5 Å². The van der Waals surface area contributed by atoms with Crippen LogP contribution in [0, 0.1) is 5.92 Å². The van der Waals surface area contributed by atoms with E-state index in [0.717, 1.165) is 23.7 Å². The third kappa shape index (κ3) is 6.06. The number of carbonyl (C=O) groups is 1. The smallest absolute Gasteiger partial charge is 0.394 e. The molecule has 1 heterocycles. The standard InChI is InChI=1S/C23H27F3N2O2/c1-16(15-29)27-22(30)20-13-28(14-20)12-19-9-6-17(7-10-19)5-8-18-3-2-4-21(11-18)23(24,25)26/h2-4,6-7,9-11,16,20,29H,5,8,12-15H2,1H3,(H,27,30)/t16-/m1/s1. The Hall–Kier alpha value is -2.38. The van der Waals surface area contributed by atoms with Crippen molar-refractivity contribution in [1.82, 2.24) is 10.2 Å². The molecule has 1 aliphatic rings. The molecule has 2 N–H and O–H groups in total. The van der Waals surface area contributed by atoms with Gasteiger partial charge >= 0.3 is 6.18 Å². The van der Waals surface area contributed by atoms with Gasteiger partial charge in [-0.25, -0.2) is 0 Å². The zero-order valence-corrected chi connectivity index (χ0v) is 17.0. The van der Waals surface area contributed by atoms with Gasteiger partial charge in [0.15, 0.2) is 0 Å². The van der Waals surface area contributed by atoms with Gasteiger partial charge in [0.25, 0.3) is 0 Å². The normalized spacial score (nSPS) is 16.2. The molecule has 1 fully saturated rings. The van der Waals surface area contributed by atoms with Crippen LogP contribution in [0.25, 0.3) is 0 Å². The first kappa shape index (κ1) is 22.3. The number of carbonyl (C=O) groups excluding carboxylic acids is 1. The van der Waals surface area contributed by atoms with E-state index in [0.29, 0.717) is 31.5 Å². The number of nitrogens with zero attached hydrogens (tertiary/aromatic N) is 1. The molecule has 3 rings (SSSR count). The molecule has 0 unspecified atom stereocenters. The fraction of sp³-hybridized carbons (Fsp3) is 0.435. The Morgan fingerprint density at radius 1 is 1.10 bits per heavy atom. The minimum absolute atomic E-state index is 0.0160. The van der Waals surface area contributed by atoms with Gasteiger partial charge in [-0.1, -0.05) is 42.5 Å². The second-order valence-electron chi connectivity index (χ2n) is 8.00. The topological polar surface area (TPSA) is 52.6 Å². The van der Waals surface area contributed by atoms with Crippen molar-refractivity contribution in [3.8, 4) is 0 Å². The summed E-state index contributed by atoms with van der Waals surface area (Å²) in [5.41, 5.74) is 2.28. The second kappa shape index (κ2) is 9.62. The molecular weight excluding hydrogens is 393 g/mol. The molecule has 2 aromatic carbocycles. The Morgan fingerprint density at radius 3 is 2.37 bits per heavy atom. The summed E-state index contributed by atoms with van der Waals surface area (Å²) in [6.07, 6.45) is -3.08. The predicted octanol–water partition coefficient (Wildman–Crippen LogP) is 3.42. The number of hydrogen-bond donors (Lipinski definition) is 2. The van der Waals surface area contributed by atoms with E-state index in [9.17, 15) is 18.0 Å². The van der Waals surface area contributed by atoms with Crippen LogP contribution >= 0.6 is 0 Å². The molecule has 1 aliphatic heterocycles. The van der Waals surface area contributed by atoms with Crippen LogP contribution in [0.3, 0.4) is 0 Å². The highest BCUT2D eigenvalue weighted by molar-refractivity contribution is 5.80. The molecule has 7 heteroatoms. The number of benzene rings is 2. The summed E-state index contributed by atoms with van der Waals surface area (Å²) >= 11 is 0. The van der Waals surface area contributed by atoms with E-state index in [1.165, 1.54) is 12.1 Å². The van der Waals surface area contributed by atoms with Crippen LogP contribution in [-0.2, 0) is 30.4 Å². The highest BCUT2D eigenvalue weighted by Crippen LogP contribution is 2.29. The molecule has 1 saturated heterocycles. The Morgan fingerprint density at radius 2 is 1.73 bits per heavy atom. The van der Waals surface area contributed by atoms with Crippen LogP contribution in [0.1, 0.15) is 29.2 Å². The number of aliphatic hydroxyl groups excluding tert-OH is 1. The summed E-state index contributed by atoms with van der Waals surface area (Å²) in [4.78, 5) is 14.2. The van der Waals surface area contributed by atoms with Gasteiger partial charge in [0, 0.05) is 25.7 Å². The zero-order chi connectivity index (χ0) is 21.7. The maximum Gasteiger partial charge on any atom is 0.416 e. The van der Waals surface area contributed by atoms with Crippen LogP contribution in [0.2, 0.25) is 0 Å². The first-order valence-electron chi connectivity index (χ1n) is 10.1. The van der Waals surface area contributed by atoms with Crippen molar-refractivity contribution < 1.29 is 23.1 Å². The summed E-state index contributed by atoms with van der Waals surface area (Å²) in [5.74, 6) is -0.0523. The molecule has 0 spiro atoms. The van der Waals surface area contributed by atoms with Gasteiger partial charge in [-0.05, 0) is 42.5 Å². The molecule has 0 aromatic heterocycles. The van der Waals surface area contributed by atoms with Gasteiger partial charge in [0.1, 0.15) is 0 Å². The SMILES string of the molecule is C[C@H](CO)NC(=O)C1CN(Cc2ccc(CCc3cccc(C(F)(F)F)c3)cc2)C1. The summed E-state index contributed by atoms with van der Waals surface area (Å²) in [6, 6.07) is 13.3. The number of hydrogen-bond acceptors (Lipinski definition) is 3. The third-order valence-electron chi connectivity index (χ3n) is 5.38. The predicted molar refractivity (Wildman–Crippen MR) is 109 cm³/mol. The molecule has 1 atom stereocenters. The maximum absolute atomic E-state index is 12.8. The molecule has 30 heavy (non-hydrogen) atoms. The second-order valence-corrected chi connectivity index (χ2v) is 8.00. The van der Waals surface area contributed by atoms with Crippen LogP contribution in [-0.4, -0.2) is 41.7 Å². The van der Waals surface area contributed by atoms with Crippen molar-refractivity contribution in [3.05, 3.63) is 70.8 Å². The molecule has 0 bridgehead atoms. The third-order valence-corrected chi connectivity index (χ3v) is 5.38. The van der Waals surface area contributed by atoms with Gasteiger partial charge in [-0.2, -0.15) is 13.2 Å². The van der Waals surface area contributed by atoms with Crippen molar-refractivity contribution in [3.63, 3.8) is 0 Å². The Bertz CT molecular complexity index is 846. The first-order valence-corrected chi connectivity index (χ1v) is 10.1. The van der Waals surface area contributed by atoms with E-state index < -0.39 is 11.7 Å². The summed E-state index contributed by atoms with van der Waals surface area (Å²) in [7, 11) is 0. The van der Waals surface area contributed by atoms with E-state index in [2.05, 4.69) is 10.2 Å². The zero-order valence-electron chi connectivity index (χ0n) is 17.0. The lowest BCUT2D eigenvalue weighted by Crippen LogP contribution is -2.54. The number of aliphatic hydroxyl groups is 1. The maximum atomic E-state index is 12.8. The van der Waals surface area contributed by atoms with Crippen LogP contribution < -0.4 is 5.32 Å². The summed E-state index contributed by atoms with van der Waals surface area (Å²) in [5, 5.41) is 11.8. The van der Waals surface area contributed by atoms with Gasteiger partial charge in [0.05, 0.1) is 18.1 Å². The lowest BCUT2D eigenvalue weighted by molar-refractivity contribution is -0.137. The van der Waals surface area contributed by atoms with E-state index >= 15 is 0 Å². The van der Waals surface area contributed by atoms with E-state index in [4.69, 9.17) is 5.11 Å². The van der Waals surface area contributed by atoms with Crippen molar-refractivity contribution in [2.24, 2.45) is 5.92 Å². The average molecular weight is 420 g/mol. The fourth-order valence-corrected chi connectivity index (χ4v) is 3.53. The minimum Gasteiger partial charge on any atom is -0.394 e. The summed E-state index contributed by atoms with van der Waals surface area (Å²) < 4.78 is 38.5. The monoisotopic (exact) mass is 420 g/mol. The first-order chi connectivity index (χ1) is 14.2. The van der Waals surface area contributed by atoms with Crippen LogP contribution in [0.15, 0.2) is 48.5 Å². The Balaban J connectivity index is 1.44. The molecule has 0 radical (unpaired) electrons. The molecule has 0 saturated carbocycles. The highest BCUT2D eigenvalue weighted by Gasteiger charge is 2.33. The molecular formula is C23H27F3N2O2. The minimum atomic E-state index is -4.31. The van der Waals surface area contributed by atoms with E-state index in [1.54, 1.807) is 13.0 Å². The van der Waals surface area contributed by atoms with Crippen molar-refractivity contribution in [1.29, 1.82) is 0 Å². The number of aryl methyl sites for hydroxylation is 2. The van der Waals surface area contributed by atoms with Crippen molar-refractivity contribution in [2.45, 2.75) is 38.5 Å². The molecule has 4 nitrogen and oxygen atoms in total. The fourth-order valence-electron chi connectivity index (χ4n) is 3.53. The van der Waals surface area contributed by atoms with Crippen molar-refractivity contribution >= 4 is 5.91 Å². The quantitative estimate of drug-likeness (QED) is 0.688. The number of alkyl halides is 3. The van der Waals surface area contributed by atoms with Crippen molar-refractivity contribution in [2.75, 3.05) is 19.7 Å². The lowest BCUT2D eigenvalue weighted by atomic mass is 9.97. The Labute approximate surface area is 174 Å². The lowest BCUT2D eigenvalue weighted by Gasteiger charge is -2.38. The van der Waals surface area contributed by atoms with Gasteiger partial charge in [0.2, 0.25) is 5.91 Å². The number of likely N-dealkylation sites (tertiary alicyclic amines) is 1. The largest absolute Gasteiger partial charge is 0.416 e. The summed E-state index contributed by atoms with van der Waals surface area (Å²) in [6.45, 7) is 3.85. The van der Waals surface area contributed by atoms with Gasteiger partial charge in [-0.15, -0.1) is 0 Å². The number of amides is 1.